The molecule has 0 unspecified atom stereocenters. The van der Waals surface area contributed by atoms with E-state index in [2.05, 4.69) is 21.4 Å². The third kappa shape index (κ3) is 1.88. The van der Waals surface area contributed by atoms with Crippen molar-refractivity contribution in [2.45, 2.75) is 19.8 Å². The summed E-state index contributed by atoms with van der Waals surface area (Å²) in [5, 5.41) is 21.1. The number of fused-ring (bicyclic) bond motifs is 1. The van der Waals surface area contributed by atoms with Crippen LogP contribution in [0.5, 0.6) is 0 Å². The van der Waals surface area contributed by atoms with E-state index in [1.54, 1.807) is 28.0 Å². The summed E-state index contributed by atoms with van der Waals surface area (Å²) in [4.78, 5) is 19.7. The van der Waals surface area contributed by atoms with Crippen LogP contribution in [0, 0.1) is 28.6 Å². The van der Waals surface area contributed by atoms with Gasteiger partial charge in [0.15, 0.2) is 5.82 Å². The summed E-state index contributed by atoms with van der Waals surface area (Å²) < 4.78 is 1.70. The molecule has 26 heavy (non-hydrogen) atoms. The van der Waals surface area contributed by atoms with Gasteiger partial charge in [0.25, 0.3) is 0 Å². The number of hydrogen-bond donors (Lipinski definition) is 1. The lowest BCUT2D eigenvalue weighted by atomic mass is 9.75. The standard InChI is InChI=1S/C18H17N7O/c1-11-8-24(17(26)18(11,10-19)12-2-3-12)16-15-5-7-21-25(15)9-14(22-16)13-4-6-20-23-13/h4-7,9,11-12H,2-3,8H2,1H3,(H,20,23)/t11-,18+/m1/s1. The normalized spacial score (nSPS) is 25.8. The highest BCUT2D eigenvalue weighted by Crippen LogP contribution is 2.54. The molecule has 1 aliphatic heterocycles. The largest absolute Gasteiger partial charge is 0.293 e. The number of anilines is 1. The fourth-order valence-corrected chi connectivity index (χ4v) is 4.12. The number of aromatic nitrogens is 5. The molecule has 1 amide bonds. The summed E-state index contributed by atoms with van der Waals surface area (Å²) in [6, 6.07) is 6.01. The number of amides is 1. The van der Waals surface area contributed by atoms with Crippen LogP contribution in [0.3, 0.4) is 0 Å². The maximum atomic E-state index is 13.3. The number of aromatic amines is 1. The summed E-state index contributed by atoms with van der Waals surface area (Å²) in [6.07, 6.45) is 7.08. The lowest BCUT2D eigenvalue weighted by Crippen LogP contribution is -2.37. The molecule has 8 nitrogen and oxygen atoms in total. The van der Waals surface area contributed by atoms with Crippen molar-refractivity contribution >= 4 is 17.2 Å². The highest BCUT2D eigenvalue weighted by atomic mass is 16.2. The van der Waals surface area contributed by atoms with E-state index in [1.165, 1.54) is 0 Å². The predicted octanol–water partition coefficient (Wildman–Crippen LogP) is 2.02. The number of nitrogens with one attached hydrogen (secondary N) is 1. The first-order chi connectivity index (χ1) is 12.6. The molecule has 4 heterocycles. The molecule has 8 heteroatoms. The molecule has 130 valence electrons. The van der Waals surface area contributed by atoms with Crippen LogP contribution in [-0.2, 0) is 4.79 Å². The summed E-state index contributed by atoms with van der Waals surface area (Å²) >= 11 is 0. The number of carbonyl (C=O) groups is 1. The van der Waals surface area contributed by atoms with E-state index >= 15 is 0 Å². The fraction of sp³-hybridized carbons (Fsp3) is 0.389. The SMILES string of the molecule is C[C@@H]1CN(c2nc(-c3cc[nH]n3)cn3nccc23)C(=O)[C@]1(C#N)C1CC1. The van der Waals surface area contributed by atoms with Gasteiger partial charge in [0, 0.05) is 18.7 Å². The fourth-order valence-electron chi connectivity index (χ4n) is 4.12. The zero-order chi connectivity index (χ0) is 17.9. The number of H-pyrrole nitrogens is 1. The van der Waals surface area contributed by atoms with Crippen LogP contribution in [0.4, 0.5) is 5.82 Å². The molecule has 0 aromatic carbocycles. The van der Waals surface area contributed by atoms with E-state index < -0.39 is 5.41 Å². The van der Waals surface area contributed by atoms with Gasteiger partial charge in [0.05, 0.1) is 18.5 Å². The van der Waals surface area contributed by atoms with Crippen molar-refractivity contribution in [3.63, 3.8) is 0 Å². The Kier molecular flexibility index (Phi) is 2.98. The number of nitrogens with zero attached hydrogens (tertiary/aromatic N) is 6. The topological polar surface area (TPSA) is 103 Å². The van der Waals surface area contributed by atoms with E-state index in [4.69, 9.17) is 4.98 Å². The average Bonchev–Trinajstić information content (AvgIpc) is 3.09. The monoisotopic (exact) mass is 347 g/mol. The van der Waals surface area contributed by atoms with E-state index in [0.29, 0.717) is 23.8 Å². The Bertz CT molecular complexity index is 1040. The first-order valence-electron chi connectivity index (χ1n) is 8.73. The van der Waals surface area contributed by atoms with Gasteiger partial charge in [-0.05, 0) is 30.9 Å². The predicted molar refractivity (Wildman–Crippen MR) is 92.9 cm³/mol. The Morgan fingerprint density at radius 3 is 2.88 bits per heavy atom. The van der Waals surface area contributed by atoms with Crippen LogP contribution in [0.15, 0.2) is 30.7 Å². The number of rotatable bonds is 3. The quantitative estimate of drug-likeness (QED) is 0.781. The molecule has 1 N–H and O–H groups in total. The number of carbonyl (C=O) groups excluding carboxylic acids is 1. The van der Waals surface area contributed by atoms with Gasteiger partial charge in [0.2, 0.25) is 5.91 Å². The minimum Gasteiger partial charge on any atom is -0.293 e. The number of hydrogen-bond acceptors (Lipinski definition) is 5. The zero-order valence-corrected chi connectivity index (χ0v) is 14.3. The first kappa shape index (κ1) is 15.1. The van der Waals surface area contributed by atoms with Crippen molar-refractivity contribution in [3.05, 3.63) is 30.7 Å². The lowest BCUT2D eigenvalue weighted by molar-refractivity contribution is -0.124. The Labute approximate surface area is 149 Å². The second kappa shape index (κ2) is 5.14. The molecule has 1 aliphatic carbocycles. The lowest BCUT2D eigenvalue weighted by Gasteiger charge is -2.23. The summed E-state index contributed by atoms with van der Waals surface area (Å²) in [5.74, 6) is 0.532. The van der Waals surface area contributed by atoms with Gasteiger partial charge in [-0.15, -0.1) is 0 Å². The molecule has 2 atom stereocenters. The molecule has 0 spiro atoms. The van der Waals surface area contributed by atoms with Gasteiger partial charge in [-0.1, -0.05) is 6.92 Å². The zero-order valence-electron chi connectivity index (χ0n) is 14.3. The third-order valence-electron chi connectivity index (χ3n) is 5.63. The van der Waals surface area contributed by atoms with Crippen LogP contribution >= 0.6 is 0 Å². The first-order valence-corrected chi connectivity index (χ1v) is 8.73. The van der Waals surface area contributed by atoms with E-state index in [1.807, 2.05) is 19.1 Å². The van der Waals surface area contributed by atoms with Crippen molar-refractivity contribution in [2.75, 3.05) is 11.4 Å². The maximum absolute atomic E-state index is 13.3. The Balaban J connectivity index is 1.67. The van der Waals surface area contributed by atoms with Gasteiger partial charge in [-0.2, -0.15) is 15.5 Å². The summed E-state index contributed by atoms with van der Waals surface area (Å²) in [5.41, 5.74) is 1.12. The van der Waals surface area contributed by atoms with E-state index in [9.17, 15) is 10.1 Å². The Hall–Kier alpha value is -3.21. The second-order valence-corrected chi connectivity index (χ2v) is 7.14. The Morgan fingerprint density at radius 1 is 1.35 bits per heavy atom. The molecule has 2 aliphatic rings. The Morgan fingerprint density at radius 2 is 2.19 bits per heavy atom. The minimum atomic E-state index is -0.930. The van der Waals surface area contributed by atoms with Gasteiger partial charge >= 0.3 is 0 Å². The molecule has 0 bridgehead atoms. The molecule has 3 aromatic heterocycles. The van der Waals surface area contributed by atoms with Gasteiger partial charge in [0.1, 0.15) is 22.3 Å². The minimum absolute atomic E-state index is 0.0358. The van der Waals surface area contributed by atoms with Crippen molar-refractivity contribution < 1.29 is 4.79 Å². The van der Waals surface area contributed by atoms with Gasteiger partial charge in [-0.3, -0.25) is 14.8 Å². The van der Waals surface area contributed by atoms with Gasteiger partial charge < -0.3 is 0 Å². The highest BCUT2D eigenvalue weighted by Gasteiger charge is 2.61. The molecule has 2 fully saturated rings. The second-order valence-electron chi connectivity index (χ2n) is 7.14. The maximum Gasteiger partial charge on any atom is 0.249 e. The average molecular weight is 347 g/mol. The third-order valence-corrected chi connectivity index (χ3v) is 5.63. The van der Waals surface area contributed by atoms with Crippen molar-refractivity contribution in [1.82, 2.24) is 24.8 Å². The van der Waals surface area contributed by atoms with Gasteiger partial charge in [-0.25, -0.2) is 9.50 Å². The molecule has 0 radical (unpaired) electrons. The highest BCUT2D eigenvalue weighted by molar-refractivity contribution is 6.04. The smallest absolute Gasteiger partial charge is 0.249 e. The molecular formula is C18H17N7O. The van der Waals surface area contributed by atoms with Crippen LogP contribution < -0.4 is 4.90 Å². The van der Waals surface area contributed by atoms with Crippen molar-refractivity contribution in [1.29, 1.82) is 5.26 Å². The van der Waals surface area contributed by atoms with Crippen molar-refractivity contribution in [2.24, 2.45) is 17.3 Å². The van der Waals surface area contributed by atoms with E-state index in [0.717, 1.165) is 18.4 Å². The molecular weight excluding hydrogens is 330 g/mol. The molecule has 1 saturated carbocycles. The van der Waals surface area contributed by atoms with Crippen molar-refractivity contribution in [3.8, 4) is 17.5 Å². The molecule has 1 saturated heterocycles. The van der Waals surface area contributed by atoms with E-state index in [-0.39, 0.29) is 17.7 Å². The summed E-state index contributed by atoms with van der Waals surface area (Å²) in [6.45, 7) is 2.48. The number of nitriles is 1. The van der Waals surface area contributed by atoms with Crippen LogP contribution in [0.25, 0.3) is 16.9 Å². The van der Waals surface area contributed by atoms with Crippen LogP contribution in [0.1, 0.15) is 19.8 Å². The van der Waals surface area contributed by atoms with Crippen LogP contribution in [0.2, 0.25) is 0 Å². The summed E-state index contributed by atoms with van der Waals surface area (Å²) in [7, 11) is 0. The van der Waals surface area contributed by atoms with Crippen LogP contribution in [-0.4, -0.2) is 37.2 Å². The molecule has 3 aromatic rings. The molecule has 5 rings (SSSR count).